The van der Waals surface area contributed by atoms with Crippen molar-refractivity contribution in [1.29, 1.82) is 5.26 Å². The van der Waals surface area contributed by atoms with Gasteiger partial charge in [0.2, 0.25) is 70.9 Å². The molecule has 676 valence electrons. The van der Waals surface area contributed by atoms with Crippen molar-refractivity contribution in [2.75, 3.05) is 176 Å². The smallest absolute Gasteiger partial charge is 0.317 e. The fraction of sp³-hybridized carbons (Fsp3) is 0.588. The van der Waals surface area contributed by atoms with Crippen LogP contribution in [-0.2, 0) is 87.8 Å². The number of carboxylic acids is 3. The number of fused-ring (bicyclic) bond motifs is 1. The number of ether oxygens (including phenoxy) is 3. The first kappa shape index (κ1) is 97.7. The Hall–Kier alpha value is -11.8. The lowest BCUT2D eigenvalue weighted by molar-refractivity contribution is -0.141. The number of hydrogen-bond acceptors (Lipinski definition) is 27. The molecule has 16 N–H and O–H groups in total. The highest BCUT2D eigenvalue weighted by Crippen LogP contribution is 2.27. The SMILES string of the molecule is N#C[C@@H]1CCCN1C(=O)CNC(=O)c1ccnc2ccc(OCCCN3CCN(C(=O)CCOCCOCCNC(=O)CCN4C(=O)CC(SC[C@H](NC(=O)CN5CCN(CC(=O)O)CCN(CC(=O)O)CC5)C(=O)NCCCC[C@@H]5NC(=O)[C@@H](Cc6ccccc6)NC(=O)[C@H](CC(=O)O)NC(=O)CNC(=O)[C@H](CCCN=C(N)N)NC5=O)C4=O)CC3)cc12. The van der Waals surface area contributed by atoms with Crippen molar-refractivity contribution in [3.8, 4) is 11.8 Å². The first-order valence-corrected chi connectivity index (χ1v) is 42.5. The van der Waals surface area contributed by atoms with Gasteiger partial charge in [0.15, 0.2) is 5.96 Å². The average molecular weight is 1750 g/mol. The lowest BCUT2D eigenvalue weighted by Crippen LogP contribution is -2.58. The molecule has 5 aliphatic heterocycles. The van der Waals surface area contributed by atoms with Gasteiger partial charge in [-0.3, -0.25) is 111 Å². The largest absolute Gasteiger partial charge is 0.494 e. The molecule has 7 atom stereocenters. The van der Waals surface area contributed by atoms with Crippen molar-refractivity contribution < 1.29 is 106 Å². The van der Waals surface area contributed by atoms with Crippen LogP contribution in [0.4, 0.5) is 0 Å². The minimum atomic E-state index is -1.72. The van der Waals surface area contributed by atoms with Gasteiger partial charge in [-0.2, -0.15) is 5.26 Å². The maximum atomic E-state index is 14.4. The van der Waals surface area contributed by atoms with Crippen molar-refractivity contribution in [2.24, 2.45) is 16.5 Å². The van der Waals surface area contributed by atoms with Crippen LogP contribution in [0, 0.1) is 11.3 Å². The fourth-order valence-corrected chi connectivity index (χ4v) is 15.6. The third kappa shape index (κ3) is 33.5. The third-order valence-electron chi connectivity index (χ3n) is 21.1. The molecule has 0 aliphatic carbocycles. The van der Waals surface area contributed by atoms with Crippen LogP contribution in [0.3, 0.4) is 0 Å². The Morgan fingerprint density at radius 2 is 1.27 bits per heavy atom. The van der Waals surface area contributed by atoms with E-state index < -0.39 is 137 Å². The number of amides is 13. The van der Waals surface area contributed by atoms with E-state index in [-0.39, 0.29) is 199 Å². The molecular formula is C80H113N21O22S. The zero-order valence-electron chi connectivity index (χ0n) is 69.2. The lowest BCUT2D eigenvalue weighted by atomic mass is 10.0. The summed E-state index contributed by atoms with van der Waals surface area (Å²) < 4.78 is 17.3. The number of carbonyl (C=O) groups is 16. The Labute approximate surface area is 720 Å². The fourth-order valence-electron chi connectivity index (χ4n) is 14.4. The third-order valence-corrected chi connectivity index (χ3v) is 22.4. The predicted octanol–water partition coefficient (Wildman–Crippen LogP) is -5.12. The van der Waals surface area contributed by atoms with Crippen LogP contribution >= 0.6 is 11.8 Å². The van der Waals surface area contributed by atoms with Gasteiger partial charge in [0.25, 0.3) is 5.91 Å². The number of nitriles is 1. The molecular weight excluding hydrogens is 1640 g/mol. The van der Waals surface area contributed by atoms with Gasteiger partial charge in [-0.15, -0.1) is 11.8 Å². The van der Waals surface area contributed by atoms with E-state index in [9.17, 15) is 97.3 Å². The maximum Gasteiger partial charge on any atom is 0.317 e. The number of carbonyl (C=O) groups excluding carboxylic acids is 13. The zero-order chi connectivity index (χ0) is 89.5. The average Bonchev–Trinajstić information content (AvgIpc) is 1.27. The number of nitrogens with zero attached hydrogens (tertiary/aromatic N) is 10. The number of carboxylic acid groups (broad SMARTS) is 3. The number of unbranched alkanes of at least 4 members (excludes halogenated alkanes) is 1. The van der Waals surface area contributed by atoms with E-state index >= 15 is 0 Å². The number of guanidine groups is 1. The van der Waals surface area contributed by atoms with Gasteiger partial charge >= 0.3 is 17.9 Å². The summed E-state index contributed by atoms with van der Waals surface area (Å²) in [5.41, 5.74) is 12.5. The quantitative estimate of drug-likeness (QED) is 0.0109. The van der Waals surface area contributed by atoms with E-state index in [1.165, 1.54) is 11.1 Å². The summed E-state index contributed by atoms with van der Waals surface area (Å²) in [7, 11) is 0. The van der Waals surface area contributed by atoms with Crippen LogP contribution in [0.15, 0.2) is 65.8 Å². The first-order chi connectivity index (χ1) is 59.6. The van der Waals surface area contributed by atoms with Crippen LogP contribution in [-0.4, -0.2) is 373 Å². The Bertz CT molecular complexity index is 4260. The Morgan fingerprint density at radius 3 is 1.95 bits per heavy atom. The molecule has 1 aromatic heterocycles. The van der Waals surface area contributed by atoms with Gasteiger partial charge in [-0.05, 0) is 81.2 Å². The number of likely N-dealkylation sites (tertiary alicyclic amines) is 2. The lowest BCUT2D eigenvalue weighted by Gasteiger charge is -2.34. The van der Waals surface area contributed by atoms with Crippen LogP contribution in [0.5, 0.6) is 5.75 Å². The van der Waals surface area contributed by atoms with E-state index in [2.05, 4.69) is 68.8 Å². The van der Waals surface area contributed by atoms with Gasteiger partial charge in [-0.1, -0.05) is 30.3 Å². The van der Waals surface area contributed by atoms with Gasteiger partial charge in [0.1, 0.15) is 42.0 Å². The van der Waals surface area contributed by atoms with Crippen molar-refractivity contribution in [2.45, 2.75) is 125 Å². The number of aliphatic imine (C=N–C) groups is 1. The number of rotatable bonds is 44. The highest BCUT2D eigenvalue weighted by atomic mass is 32.2. The summed E-state index contributed by atoms with van der Waals surface area (Å²) in [5.74, 6) is -12.3. The van der Waals surface area contributed by atoms with E-state index in [0.717, 1.165) is 29.6 Å². The van der Waals surface area contributed by atoms with Crippen LogP contribution < -0.4 is 64.1 Å². The first-order valence-electron chi connectivity index (χ1n) is 41.4. The number of piperazine rings is 1. The Morgan fingerprint density at radius 1 is 0.629 bits per heavy atom. The second kappa shape index (κ2) is 51.4. The minimum Gasteiger partial charge on any atom is -0.494 e. The van der Waals surface area contributed by atoms with Crippen molar-refractivity contribution in [1.82, 2.24) is 87.1 Å². The Balaban J connectivity index is 0.778. The predicted molar refractivity (Wildman–Crippen MR) is 445 cm³/mol. The number of benzene rings is 2. The van der Waals surface area contributed by atoms with E-state index in [1.54, 1.807) is 74.2 Å². The van der Waals surface area contributed by atoms with Gasteiger partial charge in [0.05, 0.1) is 101 Å². The second-order valence-corrected chi connectivity index (χ2v) is 31.5. The summed E-state index contributed by atoms with van der Waals surface area (Å²) >= 11 is 0.910. The van der Waals surface area contributed by atoms with Crippen molar-refractivity contribution in [3.05, 3.63) is 71.9 Å². The number of hydrogen-bond donors (Lipinski definition) is 14. The minimum absolute atomic E-state index is 0.0230. The number of imide groups is 1. The molecule has 5 saturated heterocycles. The molecule has 0 radical (unpaired) electrons. The highest BCUT2D eigenvalue weighted by Gasteiger charge is 2.41. The highest BCUT2D eigenvalue weighted by molar-refractivity contribution is 8.00. The van der Waals surface area contributed by atoms with Crippen LogP contribution in [0.2, 0.25) is 0 Å². The molecule has 5 fully saturated rings. The normalized spacial score (nSPS) is 20.2. The summed E-state index contributed by atoms with van der Waals surface area (Å²) in [5, 5.41) is 61.2. The summed E-state index contributed by atoms with van der Waals surface area (Å²) in [4.78, 5) is 232. The second-order valence-electron chi connectivity index (χ2n) is 30.3. The standard InChI is InChI=1S/C80H113N21O22S/c81-45-53-11-7-24-100(53)69(107)47-89-73(114)55-16-21-84-57-15-14-54(42-56(55)57)123-36-8-23-95-32-34-99(35-33-95)67(105)18-37-121-39-40-122-38-22-85-64(102)17-25-101-68(106)44-63(79(101)120)124-51-62(91-66(104)48-96-26-28-97(49-71(110)111)30-31-98(29-27-96)50-72(112)113)75(116)86-19-5-4-12-59-76(117)92-58(13-6-20-87-80(82)83)74(115)88-46-65(103)90-61(43-70(108)109)78(119)94-60(77(118)93-59)41-52-9-2-1-3-10-52/h1-3,9-10,14-16,21,42,53,58-63H,4-8,11-13,17-20,22-41,43-44,46-51H2,(H,85,102)(H,86,116)(H,88,115)(H,89,114)(H,90,103)(H,91,104)(H,92,117)(H,93,118)(H,94,119)(H,108,109)(H,110,111)(H,112,113)(H4,82,83,87)/t53-,58-,59-,60+,61-,62-,63?/m0/s1. The van der Waals surface area contributed by atoms with Crippen LogP contribution in [0.1, 0.15) is 93.0 Å². The van der Waals surface area contributed by atoms with E-state index in [4.69, 9.17) is 25.7 Å². The van der Waals surface area contributed by atoms with E-state index in [1.807, 2.05) is 0 Å². The molecule has 0 spiro atoms. The number of pyridine rings is 1. The molecule has 44 heteroatoms. The molecule has 5 aliphatic rings. The van der Waals surface area contributed by atoms with Crippen molar-refractivity contribution >= 4 is 123 Å². The number of aromatic nitrogens is 1. The summed E-state index contributed by atoms with van der Waals surface area (Å²) in [6, 6.07) is 9.53. The molecule has 3 aromatic rings. The molecule has 124 heavy (non-hydrogen) atoms. The number of thioether (sulfide) groups is 1. The van der Waals surface area contributed by atoms with Gasteiger partial charge in [0, 0.05) is 141 Å². The molecule has 6 heterocycles. The number of nitrogens with two attached hydrogens (primary N) is 2. The number of aliphatic carboxylic acids is 3. The summed E-state index contributed by atoms with van der Waals surface area (Å²) in [6.07, 6.45) is 2.16. The van der Waals surface area contributed by atoms with E-state index in [0.29, 0.717) is 80.0 Å². The van der Waals surface area contributed by atoms with Crippen LogP contribution in [0.25, 0.3) is 10.9 Å². The Kier molecular flexibility index (Phi) is 40.5. The molecule has 43 nitrogen and oxygen atoms in total. The zero-order valence-corrected chi connectivity index (χ0v) is 70.0. The number of nitrogens with one attached hydrogen (secondary N) is 9. The molecule has 0 bridgehead atoms. The summed E-state index contributed by atoms with van der Waals surface area (Å²) in [6.45, 7) is 3.53. The maximum absolute atomic E-state index is 14.4. The van der Waals surface area contributed by atoms with Crippen molar-refractivity contribution in [3.63, 3.8) is 0 Å². The topological polar surface area (TPSA) is 594 Å². The molecule has 1 unspecified atom stereocenters. The van der Waals surface area contributed by atoms with Gasteiger partial charge < -0.3 is 98.6 Å². The molecule has 8 rings (SSSR count). The molecule has 2 aromatic carbocycles. The molecule has 0 saturated carbocycles. The van der Waals surface area contributed by atoms with Gasteiger partial charge in [-0.25, -0.2) is 0 Å². The molecule has 13 amide bonds. The monoisotopic (exact) mass is 1750 g/mol.